The zero-order valence-corrected chi connectivity index (χ0v) is 25.4. The highest BCUT2D eigenvalue weighted by molar-refractivity contribution is 6.05. The summed E-state index contributed by atoms with van der Waals surface area (Å²) in [4.78, 5) is 9.96. The lowest BCUT2D eigenvalue weighted by molar-refractivity contribution is -0.852. The maximum atomic E-state index is 5.03. The maximum Gasteiger partial charge on any atom is 0.168 e. The Hall–Kier alpha value is -3.98. The lowest BCUT2D eigenvalue weighted by Gasteiger charge is -2.26. The van der Waals surface area contributed by atoms with E-state index in [1.54, 1.807) is 12.1 Å². The third kappa shape index (κ3) is 8.43. The van der Waals surface area contributed by atoms with Gasteiger partial charge in [-0.2, -0.15) is 4.89 Å². The topological polar surface area (TPSA) is 102 Å². The van der Waals surface area contributed by atoms with E-state index < -0.39 is 0 Å². The van der Waals surface area contributed by atoms with E-state index in [0.29, 0.717) is 11.7 Å². The second-order valence-corrected chi connectivity index (χ2v) is 11.4. The van der Waals surface area contributed by atoms with Crippen LogP contribution in [-0.2, 0) is 56.8 Å². The normalized spacial score (nSPS) is 16.7. The molecule has 0 N–H and O–H groups in total. The average Bonchev–Trinajstić information content (AvgIpc) is 3.09. The van der Waals surface area contributed by atoms with Crippen molar-refractivity contribution in [2.75, 3.05) is 0 Å². The molecule has 5 aromatic carbocycles. The molecule has 0 heterocycles. The van der Waals surface area contributed by atoms with Crippen LogP contribution in [0.1, 0.15) is 55.2 Å². The van der Waals surface area contributed by atoms with E-state index in [2.05, 4.69) is 114 Å². The Morgan fingerprint density at radius 3 is 1.83 bits per heavy atom. The summed E-state index contributed by atoms with van der Waals surface area (Å²) in [6.45, 7) is 4.45. The van der Waals surface area contributed by atoms with Crippen LogP contribution in [0.3, 0.4) is 0 Å². The zero-order valence-electron chi connectivity index (χ0n) is 25.4. The maximum absolute atomic E-state index is 5.03. The van der Waals surface area contributed by atoms with Crippen LogP contribution in [0, 0.1) is 12.8 Å². The van der Waals surface area contributed by atoms with Crippen LogP contribution in [0.15, 0.2) is 97.1 Å². The van der Waals surface area contributed by atoms with Gasteiger partial charge in [0.1, 0.15) is 6.61 Å². The third-order valence-corrected chi connectivity index (χ3v) is 8.27. The number of fused-ring (bicyclic) bond motifs is 2. The monoisotopic (exact) mass is 630 g/mol. The van der Waals surface area contributed by atoms with E-state index in [-0.39, 0.29) is 6.61 Å². The Balaban J connectivity index is 0.861. The van der Waals surface area contributed by atoms with Crippen molar-refractivity contribution in [3.8, 4) is 16.9 Å². The summed E-state index contributed by atoms with van der Waals surface area (Å²) in [5.41, 5.74) is 5.58. The van der Waals surface area contributed by atoms with E-state index >= 15 is 0 Å². The molecule has 11 heteroatoms. The number of benzene rings is 5. The van der Waals surface area contributed by atoms with Crippen molar-refractivity contribution in [1.82, 2.24) is 0 Å². The van der Waals surface area contributed by atoms with Crippen molar-refractivity contribution >= 4 is 21.5 Å². The highest BCUT2D eigenvalue weighted by atomic mass is 17.9. The molecule has 0 radical (unpaired) electrons. The first-order chi connectivity index (χ1) is 22.6. The van der Waals surface area contributed by atoms with Gasteiger partial charge in [-0.05, 0) is 114 Å². The van der Waals surface area contributed by atoms with Gasteiger partial charge in [-0.25, -0.2) is 0 Å². The number of hydrogen-bond acceptors (Lipinski definition) is 11. The lowest BCUT2D eigenvalue weighted by atomic mass is 9.79. The molecule has 1 aliphatic carbocycles. The van der Waals surface area contributed by atoms with E-state index in [1.807, 2.05) is 30.3 Å². The predicted octanol–water partition coefficient (Wildman–Crippen LogP) is 9.16. The minimum Gasteiger partial charge on any atom is -0.306 e. The summed E-state index contributed by atoms with van der Waals surface area (Å²) in [7, 11) is 0. The summed E-state index contributed by atoms with van der Waals surface area (Å²) in [6, 6.07) is 32.5. The number of hydrogen-bond donors (Lipinski definition) is 0. The molecule has 1 fully saturated rings. The molecule has 240 valence electrons. The van der Waals surface area contributed by atoms with Crippen LogP contribution in [0.5, 0.6) is 5.75 Å². The van der Waals surface area contributed by atoms with Crippen molar-refractivity contribution in [3.05, 3.63) is 114 Å². The van der Waals surface area contributed by atoms with Crippen molar-refractivity contribution in [1.29, 1.82) is 0 Å². The fourth-order valence-corrected chi connectivity index (χ4v) is 5.90. The molecule has 0 amide bonds. The molecule has 0 saturated heterocycles. The first-order valence-electron chi connectivity index (χ1n) is 15.0. The smallest absolute Gasteiger partial charge is 0.168 e. The Morgan fingerprint density at radius 2 is 1.15 bits per heavy atom. The molecule has 5 aromatic rings. The van der Waals surface area contributed by atoms with Crippen LogP contribution < -0.4 is 4.89 Å². The highest BCUT2D eigenvalue weighted by Gasteiger charge is 2.19. The van der Waals surface area contributed by atoms with Crippen molar-refractivity contribution in [2.45, 2.75) is 52.1 Å². The molecular formula is C35H34O11. The molecule has 1 aliphatic rings. The largest absolute Gasteiger partial charge is 0.306 e. The van der Waals surface area contributed by atoms with Crippen LogP contribution in [0.25, 0.3) is 32.7 Å². The third-order valence-electron chi connectivity index (χ3n) is 8.27. The predicted molar refractivity (Wildman–Crippen MR) is 164 cm³/mol. The van der Waals surface area contributed by atoms with Gasteiger partial charge in [0.2, 0.25) is 0 Å². The molecule has 0 bridgehead atoms. The Morgan fingerprint density at radius 1 is 0.565 bits per heavy atom. The van der Waals surface area contributed by atoms with Crippen molar-refractivity contribution < 1.29 is 55.1 Å². The van der Waals surface area contributed by atoms with Gasteiger partial charge in [-0.1, -0.05) is 104 Å². The lowest BCUT2D eigenvalue weighted by Crippen LogP contribution is -2.10. The Kier molecular flexibility index (Phi) is 11.1. The fraction of sp³-hybridized carbons (Fsp3) is 0.257. The van der Waals surface area contributed by atoms with E-state index in [9.17, 15) is 0 Å². The molecule has 0 unspecified atom stereocenters. The second-order valence-electron chi connectivity index (χ2n) is 11.4. The van der Waals surface area contributed by atoms with Gasteiger partial charge in [0.25, 0.3) is 0 Å². The van der Waals surface area contributed by atoms with Crippen molar-refractivity contribution in [2.24, 2.45) is 5.92 Å². The van der Waals surface area contributed by atoms with E-state index in [4.69, 9.17) is 9.78 Å². The van der Waals surface area contributed by atoms with Crippen LogP contribution in [-0.4, -0.2) is 0 Å². The minimum atomic E-state index is 0.0521. The molecule has 1 saturated carbocycles. The first-order valence-corrected chi connectivity index (χ1v) is 15.0. The standard InChI is InChI=1S/C35H34O11/c1-24-9-13-27(14-10-24)28-17-19-31(20-18-28)37-39-41-43-45-46-44-42-40-38-36-23-26-12-16-30-6-4-8-33(35(30)22-26)32-7-3-5-29-15-11-25(2)21-34(29)32/h3-8,11-12,15-22,24,27H,9-10,13-14,23H2,1-2H3. The van der Waals surface area contributed by atoms with Gasteiger partial charge in [0, 0.05) is 25.2 Å². The molecular weight excluding hydrogens is 596 g/mol. The van der Waals surface area contributed by atoms with Gasteiger partial charge >= 0.3 is 0 Å². The summed E-state index contributed by atoms with van der Waals surface area (Å²) >= 11 is 0. The number of rotatable bonds is 15. The second kappa shape index (κ2) is 16.0. The minimum absolute atomic E-state index is 0.0521. The van der Waals surface area contributed by atoms with Gasteiger partial charge in [0.05, 0.1) is 0 Å². The molecule has 0 spiro atoms. The van der Waals surface area contributed by atoms with Crippen molar-refractivity contribution in [3.63, 3.8) is 0 Å². The quantitative estimate of drug-likeness (QED) is 0.0628. The molecule has 0 aliphatic heterocycles. The molecule has 11 nitrogen and oxygen atoms in total. The van der Waals surface area contributed by atoms with Crippen LogP contribution in [0.4, 0.5) is 0 Å². The highest BCUT2D eigenvalue weighted by Crippen LogP contribution is 2.36. The van der Waals surface area contributed by atoms with Crippen LogP contribution >= 0.6 is 0 Å². The Bertz CT molecular complexity index is 1700. The number of aryl methyl sites for hydroxylation is 1. The molecule has 0 aromatic heterocycles. The fourth-order valence-electron chi connectivity index (χ4n) is 5.90. The molecule has 6 rings (SSSR count). The zero-order chi connectivity index (χ0) is 31.6. The molecule has 0 atom stereocenters. The van der Waals surface area contributed by atoms with Gasteiger partial charge < -0.3 is 4.89 Å². The average molecular weight is 631 g/mol. The summed E-state index contributed by atoms with van der Waals surface area (Å²) in [5.74, 6) is 1.78. The molecule has 46 heavy (non-hydrogen) atoms. The van der Waals surface area contributed by atoms with Crippen LogP contribution in [0.2, 0.25) is 0 Å². The summed E-state index contributed by atoms with van der Waals surface area (Å²) in [6.07, 6.45) is 4.90. The summed E-state index contributed by atoms with van der Waals surface area (Å²) < 4.78 is 0. The van der Waals surface area contributed by atoms with Gasteiger partial charge in [0.15, 0.2) is 5.75 Å². The van der Waals surface area contributed by atoms with Gasteiger partial charge in [-0.3, -0.25) is 0 Å². The first kappa shape index (κ1) is 32.0. The van der Waals surface area contributed by atoms with Gasteiger partial charge in [-0.15, -0.1) is 0 Å². The van der Waals surface area contributed by atoms with E-state index in [0.717, 1.165) is 33.4 Å². The van der Waals surface area contributed by atoms with E-state index in [1.165, 1.54) is 47.6 Å². The summed E-state index contributed by atoms with van der Waals surface area (Å²) in [5, 5.41) is 42.1. The SMILES string of the molecule is Cc1ccc2cccc(-c3cccc4ccc(COOOOOOOOOOOc5ccc(C6CCC(C)CC6)cc5)cc34)c2c1. The Labute approximate surface area is 265 Å².